The van der Waals surface area contributed by atoms with Crippen LogP contribution in [0, 0.1) is 17.3 Å². The molecule has 0 unspecified atom stereocenters. The molecule has 12 nitrogen and oxygen atoms in total. The van der Waals surface area contributed by atoms with Crippen molar-refractivity contribution in [3.8, 4) is 11.5 Å². The molecule has 0 amide bonds. The summed E-state index contributed by atoms with van der Waals surface area (Å²) in [5.74, 6) is -2.42. The number of aryl methyl sites for hydroxylation is 1. The molecular weight excluding hydrogens is 564 g/mol. The number of carbonyl (C=O) groups is 5. The average molecular weight is 603 g/mol. The molecule has 9 atom stereocenters. The first-order valence-corrected chi connectivity index (χ1v) is 14.6. The summed E-state index contributed by atoms with van der Waals surface area (Å²) in [7, 11) is 1.10. The number of benzene rings is 1. The number of hydrogen-bond acceptors (Lipinski definition) is 12. The summed E-state index contributed by atoms with van der Waals surface area (Å²) >= 11 is 0. The topological polar surface area (TPSA) is 161 Å². The number of carbonyl (C=O) groups excluding carboxylic acids is 5. The molecular formula is C31H38O12. The Hall–Kier alpha value is -3.67. The molecule has 1 heterocycles. The van der Waals surface area contributed by atoms with Crippen LogP contribution in [0.15, 0.2) is 12.1 Å². The van der Waals surface area contributed by atoms with E-state index in [4.69, 9.17) is 28.4 Å². The second-order valence-corrected chi connectivity index (χ2v) is 12.1. The van der Waals surface area contributed by atoms with E-state index in [0.717, 1.165) is 71.1 Å². The summed E-state index contributed by atoms with van der Waals surface area (Å²) in [6.07, 6.45) is -2.96. The molecule has 12 heteroatoms. The summed E-state index contributed by atoms with van der Waals surface area (Å²) in [5.41, 5.74) is 1.69. The predicted octanol–water partition coefficient (Wildman–Crippen LogP) is 2.89. The van der Waals surface area contributed by atoms with Gasteiger partial charge in [0.05, 0.1) is 7.11 Å². The van der Waals surface area contributed by atoms with E-state index >= 15 is 0 Å². The summed E-state index contributed by atoms with van der Waals surface area (Å²) < 4.78 is 33.0. The van der Waals surface area contributed by atoms with E-state index in [1.807, 2.05) is 0 Å². The van der Waals surface area contributed by atoms with Crippen LogP contribution in [0.25, 0.3) is 0 Å². The van der Waals surface area contributed by atoms with Gasteiger partial charge in [-0.3, -0.25) is 19.2 Å². The predicted molar refractivity (Wildman–Crippen MR) is 146 cm³/mol. The standard InChI is InChI=1S/C31H38O12/c1-14(32)39-25-26(40-15(2)33)28(41-16(3)34)30(43-27(25)29(37)38-5)42-23-13-20-17(12-22(23)35)6-7-19-18(20)10-11-31(4)21(19)8-9-24(31)36/h12-13,18-19,21,25-28,30,35H,6-11H2,1-5H3/t18-,19+,21-,25-,26-,27-,28+,30+,31-/m0/s1. The maximum Gasteiger partial charge on any atom is 0.339 e. The van der Waals surface area contributed by atoms with E-state index in [0.29, 0.717) is 24.0 Å². The van der Waals surface area contributed by atoms with Crippen molar-refractivity contribution < 1.29 is 57.5 Å². The second kappa shape index (κ2) is 11.8. The quantitative estimate of drug-likeness (QED) is 0.375. The molecule has 1 N–H and O–H groups in total. The van der Waals surface area contributed by atoms with Crippen molar-refractivity contribution in [1.29, 1.82) is 0 Å². The first kappa shape index (κ1) is 30.8. The molecule has 5 rings (SSSR count). The highest BCUT2D eigenvalue weighted by Crippen LogP contribution is 2.60. The Labute approximate surface area is 249 Å². The Bertz CT molecular complexity index is 1320. The third-order valence-electron chi connectivity index (χ3n) is 9.59. The van der Waals surface area contributed by atoms with Gasteiger partial charge in [-0.25, -0.2) is 4.79 Å². The third-order valence-corrected chi connectivity index (χ3v) is 9.59. The first-order chi connectivity index (χ1) is 20.3. The van der Waals surface area contributed by atoms with Crippen molar-refractivity contribution in [1.82, 2.24) is 0 Å². The molecule has 0 radical (unpaired) electrons. The van der Waals surface area contributed by atoms with Gasteiger partial charge in [-0.05, 0) is 73.1 Å². The molecule has 3 aliphatic carbocycles. The van der Waals surface area contributed by atoms with Crippen LogP contribution in [-0.4, -0.2) is 72.6 Å². The number of rotatable bonds is 6. The highest BCUT2D eigenvalue weighted by atomic mass is 16.7. The number of ether oxygens (including phenoxy) is 6. The maximum atomic E-state index is 12.8. The van der Waals surface area contributed by atoms with E-state index in [2.05, 4.69) is 6.92 Å². The SMILES string of the molecule is COC(=O)[C@H]1O[C@@H](Oc2cc3c(cc2O)CC[C@@H]2[C@@H]3CC[C@]3(C)C(=O)CC[C@@H]23)[C@H](OC(C)=O)[C@@H](OC(C)=O)[C@@H]1OC(C)=O. The lowest BCUT2D eigenvalue weighted by Gasteiger charge is -2.48. The zero-order valence-corrected chi connectivity index (χ0v) is 25.0. The van der Waals surface area contributed by atoms with Crippen LogP contribution < -0.4 is 4.74 Å². The lowest BCUT2D eigenvalue weighted by molar-refractivity contribution is -0.282. The van der Waals surface area contributed by atoms with E-state index < -0.39 is 54.6 Å². The van der Waals surface area contributed by atoms with Crippen LogP contribution in [0.5, 0.6) is 11.5 Å². The van der Waals surface area contributed by atoms with Crippen molar-refractivity contribution in [2.45, 2.75) is 103 Å². The van der Waals surface area contributed by atoms with E-state index in [9.17, 15) is 29.1 Å². The Morgan fingerprint density at radius 2 is 1.56 bits per heavy atom. The van der Waals surface area contributed by atoms with Crippen molar-refractivity contribution in [2.75, 3.05) is 7.11 Å². The fourth-order valence-corrected chi connectivity index (χ4v) is 7.75. The molecule has 0 bridgehead atoms. The summed E-state index contributed by atoms with van der Waals surface area (Å²) in [5, 5.41) is 11.0. The van der Waals surface area contributed by atoms with Gasteiger partial charge in [0, 0.05) is 32.6 Å². The normalized spacial score (nSPS) is 34.6. The van der Waals surface area contributed by atoms with E-state index in [1.54, 1.807) is 12.1 Å². The number of hydrogen-bond donors (Lipinski definition) is 1. The Balaban J connectivity index is 1.50. The molecule has 3 fully saturated rings. The fourth-order valence-electron chi connectivity index (χ4n) is 7.75. The number of methoxy groups -OCH3 is 1. The molecule has 234 valence electrons. The van der Waals surface area contributed by atoms with Crippen molar-refractivity contribution in [3.63, 3.8) is 0 Å². The molecule has 0 aromatic heterocycles. The van der Waals surface area contributed by atoms with Gasteiger partial charge in [0.2, 0.25) is 12.4 Å². The molecule has 4 aliphatic rings. The minimum atomic E-state index is -1.62. The number of ketones is 1. The number of phenolic OH excluding ortho intramolecular Hbond substituents is 1. The first-order valence-electron chi connectivity index (χ1n) is 14.6. The monoisotopic (exact) mass is 602 g/mol. The molecule has 1 aromatic rings. The van der Waals surface area contributed by atoms with Crippen LogP contribution in [0.1, 0.15) is 76.8 Å². The van der Waals surface area contributed by atoms with Gasteiger partial charge in [0.1, 0.15) is 5.78 Å². The minimum absolute atomic E-state index is 0.00788. The van der Waals surface area contributed by atoms with Crippen LogP contribution >= 0.6 is 0 Å². The lowest BCUT2D eigenvalue weighted by Crippen LogP contribution is -2.64. The minimum Gasteiger partial charge on any atom is -0.504 e. The highest BCUT2D eigenvalue weighted by molar-refractivity contribution is 5.87. The van der Waals surface area contributed by atoms with Gasteiger partial charge in [0.25, 0.3) is 0 Å². The van der Waals surface area contributed by atoms with Crippen LogP contribution in [0.2, 0.25) is 0 Å². The van der Waals surface area contributed by atoms with Gasteiger partial charge < -0.3 is 33.5 Å². The van der Waals surface area contributed by atoms with Gasteiger partial charge in [0.15, 0.2) is 29.8 Å². The third kappa shape index (κ3) is 5.69. The number of fused-ring (bicyclic) bond motifs is 5. The summed E-state index contributed by atoms with van der Waals surface area (Å²) in [6.45, 7) is 5.42. The van der Waals surface area contributed by atoms with Gasteiger partial charge >= 0.3 is 23.9 Å². The molecule has 0 spiro atoms. The van der Waals surface area contributed by atoms with Crippen molar-refractivity contribution in [2.24, 2.45) is 17.3 Å². The van der Waals surface area contributed by atoms with E-state index in [-0.39, 0.29) is 22.8 Å². The van der Waals surface area contributed by atoms with Crippen LogP contribution in [0.4, 0.5) is 0 Å². The molecule has 1 aliphatic heterocycles. The maximum absolute atomic E-state index is 12.8. The zero-order chi connectivity index (χ0) is 31.2. The molecule has 43 heavy (non-hydrogen) atoms. The summed E-state index contributed by atoms with van der Waals surface area (Å²) in [6, 6.07) is 3.38. The number of phenols is 1. The molecule has 2 saturated carbocycles. The van der Waals surface area contributed by atoms with Gasteiger partial charge in [-0.2, -0.15) is 0 Å². The fraction of sp³-hybridized carbons (Fsp3) is 0.645. The van der Waals surface area contributed by atoms with Gasteiger partial charge in [-0.15, -0.1) is 0 Å². The van der Waals surface area contributed by atoms with Crippen LogP contribution in [-0.2, 0) is 54.1 Å². The number of esters is 4. The zero-order valence-electron chi connectivity index (χ0n) is 25.0. The lowest BCUT2D eigenvalue weighted by atomic mass is 9.55. The number of Topliss-reactive ketones (excluding diaryl/α,β-unsaturated/α-hetero) is 1. The van der Waals surface area contributed by atoms with Gasteiger partial charge in [-0.1, -0.05) is 6.92 Å². The number of aromatic hydroxyl groups is 1. The summed E-state index contributed by atoms with van der Waals surface area (Å²) in [4.78, 5) is 61.7. The average Bonchev–Trinajstić information content (AvgIpc) is 3.24. The Morgan fingerprint density at radius 3 is 2.21 bits per heavy atom. The van der Waals surface area contributed by atoms with Crippen LogP contribution in [0.3, 0.4) is 0 Å². The second-order valence-electron chi connectivity index (χ2n) is 12.1. The highest BCUT2D eigenvalue weighted by Gasteiger charge is 2.57. The largest absolute Gasteiger partial charge is 0.504 e. The smallest absolute Gasteiger partial charge is 0.339 e. The molecule has 1 aromatic carbocycles. The Morgan fingerprint density at radius 1 is 0.907 bits per heavy atom. The molecule has 1 saturated heterocycles. The van der Waals surface area contributed by atoms with Crippen molar-refractivity contribution in [3.05, 3.63) is 23.3 Å². The Kier molecular flexibility index (Phi) is 8.43. The van der Waals surface area contributed by atoms with Crippen molar-refractivity contribution >= 4 is 29.7 Å². The van der Waals surface area contributed by atoms with E-state index in [1.165, 1.54) is 0 Å².